The maximum atomic E-state index is 12.2. The number of ether oxygens (including phenoxy) is 1. The van der Waals surface area contributed by atoms with E-state index in [9.17, 15) is 17.6 Å². The van der Waals surface area contributed by atoms with Crippen molar-refractivity contribution in [3.05, 3.63) is 28.8 Å². The summed E-state index contributed by atoms with van der Waals surface area (Å²) in [6.45, 7) is -3.02. The van der Waals surface area contributed by atoms with Crippen LogP contribution in [0.15, 0.2) is 18.2 Å². The molecule has 1 aromatic rings. The molecule has 0 spiro atoms. The molecule has 1 unspecified atom stereocenters. The average Bonchev–Trinajstić information content (AvgIpc) is 2.19. The van der Waals surface area contributed by atoms with Crippen LogP contribution in [0.5, 0.6) is 5.75 Å². The van der Waals surface area contributed by atoms with Gasteiger partial charge >= 0.3 is 6.61 Å². The maximum Gasteiger partial charge on any atom is 0.387 e. The zero-order valence-electron chi connectivity index (χ0n) is 7.84. The van der Waals surface area contributed by atoms with Crippen LogP contribution < -0.4 is 10.5 Å². The highest BCUT2D eigenvalue weighted by Crippen LogP contribution is 2.30. The van der Waals surface area contributed by atoms with Crippen LogP contribution in [0.4, 0.5) is 17.6 Å². The summed E-state index contributed by atoms with van der Waals surface area (Å²) in [4.78, 5) is 0. The van der Waals surface area contributed by atoms with Crippen LogP contribution >= 0.6 is 11.6 Å². The molecule has 0 saturated carbocycles. The minimum atomic E-state index is -3.02. The van der Waals surface area contributed by atoms with Crippen LogP contribution in [-0.2, 0) is 0 Å². The molecule has 7 heteroatoms. The van der Waals surface area contributed by atoms with Crippen LogP contribution in [0.1, 0.15) is 11.6 Å². The maximum absolute atomic E-state index is 12.2. The molecule has 0 aromatic heterocycles. The van der Waals surface area contributed by atoms with E-state index in [0.29, 0.717) is 0 Å². The molecule has 0 heterocycles. The lowest BCUT2D eigenvalue weighted by Crippen LogP contribution is -2.18. The SMILES string of the molecule is NC(c1ccc(OC(F)F)c(Cl)c1)C(F)F. The predicted molar refractivity (Wildman–Crippen MR) is 51.0 cm³/mol. The standard InChI is InChI=1S/C9H8ClF4NO/c10-5-3-4(7(15)8(11)12)1-2-6(5)16-9(13)14/h1-3,7-9H,15H2. The molecule has 0 aliphatic carbocycles. The number of nitrogens with two attached hydrogens (primary N) is 1. The largest absolute Gasteiger partial charge is 0.433 e. The van der Waals surface area contributed by atoms with Crippen molar-refractivity contribution < 1.29 is 22.3 Å². The summed E-state index contributed by atoms with van der Waals surface area (Å²) in [7, 11) is 0. The van der Waals surface area contributed by atoms with Crippen molar-refractivity contribution in [2.75, 3.05) is 0 Å². The number of rotatable bonds is 4. The summed E-state index contributed by atoms with van der Waals surface area (Å²) in [5.41, 5.74) is 5.22. The first kappa shape index (κ1) is 13.1. The van der Waals surface area contributed by atoms with Gasteiger partial charge in [0.25, 0.3) is 6.43 Å². The summed E-state index contributed by atoms with van der Waals surface area (Å²) in [5.74, 6) is -0.276. The third-order valence-corrected chi connectivity index (χ3v) is 2.12. The van der Waals surface area contributed by atoms with Gasteiger partial charge in [0.1, 0.15) is 5.75 Å². The van der Waals surface area contributed by atoms with E-state index in [2.05, 4.69) is 4.74 Å². The number of benzene rings is 1. The van der Waals surface area contributed by atoms with Crippen molar-refractivity contribution in [1.29, 1.82) is 0 Å². The second-order valence-electron chi connectivity index (χ2n) is 2.93. The number of halogens is 5. The fourth-order valence-corrected chi connectivity index (χ4v) is 1.29. The van der Waals surface area contributed by atoms with Crippen LogP contribution in [-0.4, -0.2) is 13.0 Å². The molecule has 0 bridgehead atoms. The normalized spacial score (nSPS) is 13.2. The molecule has 2 nitrogen and oxygen atoms in total. The van der Waals surface area contributed by atoms with E-state index in [4.69, 9.17) is 17.3 Å². The molecule has 0 saturated heterocycles. The molecule has 0 aliphatic rings. The predicted octanol–water partition coefficient (Wildman–Crippen LogP) is 3.21. The monoisotopic (exact) mass is 257 g/mol. The van der Waals surface area contributed by atoms with E-state index in [-0.39, 0.29) is 16.3 Å². The third-order valence-electron chi connectivity index (χ3n) is 1.83. The average molecular weight is 258 g/mol. The van der Waals surface area contributed by atoms with Gasteiger partial charge in [-0.1, -0.05) is 17.7 Å². The van der Waals surface area contributed by atoms with E-state index in [0.717, 1.165) is 12.1 Å². The first-order valence-electron chi connectivity index (χ1n) is 4.20. The number of alkyl halides is 4. The van der Waals surface area contributed by atoms with E-state index >= 15 is 0 Å². The van der Waals surface area contributed by atoms with Gasteiger partial charge in [-0.25, -0.2) is 8.78 Å². The molecular formula is C9H8ClF4NO. The molecule has 1 atom stereocenters. The molecular weight excluding hydrogens is 250 g/mol. The molecule has 1 rings (SSSR count). The van der Waals surface area contributed by atoms with Crippen molar-refractivity contribution >= 4 is 11.6 Å². The lowest BCUT2D eigenvalue weighted by Gasteiger charge is -2.13. The minimum absolute atomic E-state index is 0.0571. The number of hydrogen-bond acceptors (Lipinski definition) is 2. The van der Waals surface area contributed by atoms with Gasteiger partial charge in [0.15, 0.2) is 0 Å². The Balaban J connectivity index is 2.90. The summed E-state index contributed by atoms with van der Waals surface area (Å²) in [6.07, 6.45) is -2.75. The zero-order chi connectivity index (χ0) is 12.3. The quantitative estimate of drug-likeness (QED) is 0.841. The molecule has 0 fully saturated rings. The smallest absolute Gasteiger partial charge is 0.387 e. The lowest BCUT2D eigenvalue weighted by atomic mass is 10.1. The first-order chi connectivity index (χ1) is 7.41. The fourth-order valence-electron chi connectivity index (χ4n) is 1.06. The van der Waals surface area contributed by atoms with E-state index in [1.165, 1.54) is 6.07 Å². The van der Waals surface area contributed by atoms with Crippen LogP contribution in [0.3, 0.4) is 0 Å². The molecule has 0 radical (unpaired) electrons. The summed E-state index contributed by atoms with van der Waals surface area (Å²) >= 11 is 5.56. The van der Waals surface area contributed by atoms with Crippen molar-refractivity contribution in [3.8, 4) is 5.75 Å². The van der Waals surface area contributed by atoms with Crippen LogP contribution in [0.25, 0.3) is 0 Å². The van der Waals surface area contributed by atoms with Crippen molar-refractivity contribution in [3.63, 3.8) is 0 Å². The highest BCUT2D eigenvalue weighted by molar-refractivity contribution is 6.32. The highest BCUT2D eigenvalue weighted by atomic mass is 35.5. The first-order valence-corrected chi connectivity index (χ1v) is 4.57. The molecule has 2 N–H and O–H groups in total. The second kappa shape index (κ2) is 5.36. The highest BCUT2D eigenvalue weighted by Gasteiger charge is 2.19. The van der Waals surface area contributed by atoms with Gasteiger partial charge in [-0.05, 0) is 17.7 Å². The van der Waals surface area contributed by atoms with Gasteiger partial charge in [0.2, 0.25) is 0 Å². The van der Waals surface area contributed by atoms with Crippen molar-refractivity contribution in [2.24, 2.45) is 5.73 Å². The van der Waals surface area contributed by atoms with Gasteiger partial charge < -0.3 is 10.5 Å². The molecule has 16 heavy (non-hydrogen) atoms. The Morgan fingerprint density at radius 2 is 1.81 bits per heavy atom. The Kier molecular flexibility index (Phi) is 4.37. The Labute approximate surface area is 93.9 Å². The van der Waals surface area contributed by atoms with Gasteiger partial charge in [-0.15, -0.1) is 0 Å². The van der Waals surface area contributed by atoms with E-state index in [1.54, 1.807) is 0 Å². The topological polar surface area (TPSA) is 35.2 Å². The Hall–Kier alpha value is -1.01. The second-order valence-corrected chi connectivity index (χ2v) is 3.34. The van der Waals surface area contributed by atoms with Crippen LogP contribution in [0, 0.1) is 0 Å². The Bertz CT molecular complexity index is 361. The Morgan fingerprint density at radius 3 is 2.25 bits per heavy atom. The lowest BCUT2D eigenvalue weighted by molar-refractivity contribution is -0.0498. The minimum Gasteiger partial charge on any atom is -0.433 e. The van der Waals surface area contributed by atoms with Crippen LogP contribution in [0.2, 0.25) is 5.02 Å². The van der Waals surface area contributed by atoms with Gasteiger partial charge in [-0.2, -0.15) is 8.78 Å². The molecule has 0 aliphatic heterocycles. The van der Waals surface area contributed by atoms with Crippen molar-refractivity contribution in [2.45, 2.75) is 19.1 Å². The molecule has 1 aromatic carbocycles. The molecule has 0 amide bonds. The zero-order valence-corrected chi connectivity index (χ0v) is 8.60. The van der Waals surface area contributed by atoms with E-state index in [1.807, 2.05) is 0 Å². The van der Waals surface area contributed by atoms with Crippen molar-refractivity contribution in [1.82, 2.24) is 0 Å². The van der Waals surface area contributed by atoms with Gasteiger partial charge in [0.05, 0.1) is 11.1 Å². The summed E-state index contributed by atoms with van der Waals surface area (Å²) in [6, 6.07) is 1.82. The molecule has 90 valence electrons. The van der Waals surface area contributed by atoms with E-state index < -0.39 is 19.1 Å². The van der Waals surface area contributed by atoms with Gasteiger partial charge in [-0.3, -0.25) is 0 Å². The Morgan fingerprint density at radius 1 is 1.19 bits per heavy atom. The number of hydrogen-bond donors (Lipinski definition) is 1. The van der Waals surface area contributed by atoms with Gasteiger partial charge in [0, 0.05) is 0 Å². The fraction of sp³-hybridized carbons (Fsp3) is 0.333. The summed E-state index contributed by atoms with van der Waals surface area (Å²) < 4.78 is 52.2. The summed E-state index contributed by atoms with van der Waals surface area (Å²) in [5, 5.41) is -0.186. The third kappa shape index (κ3) is 3.24.